The first-order chi connectivity index (χ1) is 14.5. The summed E-state index contributed by atoms with van der Waals surface area (Å²) in [4.78, 5) is 19.6. The average Bonchev–Trinajstić information content (AvgIpc) is 2.77. The summed E-state index contributed by atoms with van der Waals surface area (Å²) < 4.78 is 0. The predicted octanol–water partition coefficient (Wildman–Crippen LogP) is 5.35. The minimum atomic E-state index is -0.427. The van der Waals surface area contributed by atoms with Crippen LogP contribution < -0.4 is 5.43 Å². The number of hydrogen-bond acceptors (Lipinski definition) is 6. The highest BCUT2D eigenvalue weighted by Crippen LogP contribution is 2.27. The number of fused-ring (bicyclic) bond motifs is 1. The topological polar surface area (TPSA) is 93.3 Å². The molecule has 1 heterocycles. The van der Waals surface area contributed by atoms with Gasteiger partial charge in [0.15, 0.2) is 0 Å². The number of aromatic nitrogens is 2. The molecule has 0 saturated heterocycles. The molecule has 0 saturated carbocycles. The summed E-state index contributed by atoms with van der Waals surface area (Å²) in [5.41, 5.74) is 8.22. The van der Waals surface area contributed by atoms with Crippen LogP contribution in [-0.4, -0.2) is 20.6 Å². The Bertz CT molecular complexity index is 1250. The molecule has 7 nitrogen and oxygen atoms in total. The molecule has 0 fully saturated rings. The van der Waals surface area contributed by atoms with Gasteiger partial charge in [-0.25, -0.2) is 15.4 Å². The highest BCUT2D eigenvalue weighted by molar-refractivity contribution is 5.99. The Labute approximate surface area is 173 Å². The number of aryl methyl sites for hydroxylation is 1. The maximum atomic E-state index is 10.8. The number of nitro benzene ring substituents is 1. The number of non-ortho nitro benzene ring substituents is 1. The zero-order valence-electron chi connectivity index (χ0n) is 16.5. The van der Waals surface area contributed by atoms with Gasteiger partial charge >= 0.3 is 0 Å². The third-order valence-corrected chi connectivity index (χ3v) is 4.75. The summed E-state index contributed by atoms with van der Waals surface area (Å²) in [6.07, 6.45) is 0. The molecule has 30 heavy (non-hydrogen) atoms. The summed E-state index contributed by atoms with van der Waals surface area (Å²) in [5, 5.41) is 16.1. The van der Waals surface area contributed by atoms with E-state index in [9.17, 15) is 10.1 Å². The monoisotopic (exact) mass is 397 g/mol. The number of rotatable bonds is 5. The number of nitrogens with zero attached hydrogens (tertiary/aromatic N) is 4. The highest BCUT2D eigenvalue weighted by atomic mass is 16.6. The van der Waals surface area contributed by atoms with Gasteiger partial charge in [-0.05, 0) is 37.6 Å². The molecule has 0 aliphatic carbocycles. The molecule has 1 N–H and O–H groups in total. The van der Waals surface area contributed by atoms with E-state index in [1.165, 1.54) is 17.7 Å². The van der Waals surface area contributed by atoms with Gasteiger partial charge in [0, 0.05) is 23.1 Å². The normalized spacial score (nSPS) is 11.5. The zero-order chi connectivity index (χ0) is 21.1. The fraction of sp³-hybridized carbons (Fsp3) is 0.0870. The van der Waals surface area contributed by atoms with E-state index >= 15 is 0 Å². The minimum absolute atomic E-state index is 0.0418. The third kappa shape index (κ3) is 4.00. The number of hydrogen-bond donors (Lipinski definition) is 1. The van der Waals surface area contributed by atoms with Crippen molar-refractivity contribution in [2.75, 3.05) is 5.43 Å². The molecule has 3 aromatic carbocycles. The molecule has 4 aromatic rings. The van der Waals surface area contributed by atoms with Crippen LogP contribution in [0.1, 0.15) is 18.1 Å². The molecule has 4 rings (SSSR count). The largest absolute Gasteiger partial charge is 0.269 e. The van der Waals surface area contributed by atoms with Crippen molar-refractivity contribution in [2.45, 2.75) is 13.8 Å². The van der Waals surface area contributed by atoms with Gasteiger partial charge in [-0.3, -0.25) is 10.1 Å². The summed E-state index contributed by atoms with van der Waals surface area (Å²) in [6, 6.07) is 22.3. The van der Waals surface area contributed by atoms with Crippen LogP contribution in [0.2, 0.25) is 0 Å². The molecule has 148 valence electrons. The van der Waals surface area contributed by atoms with Crippen LogP contribution in [0.5, 0.6) is 0 Å². The van der Waals surface area contributed by atoms with Gasteiger partial charge in [0.25, 0.3) is 5.69 Å². The number of nitro groups is 1. The minimum Gasteiger partial charge on any atom is -0.258 e. The van der Waals surface area contributed by atoms with Gasteiger partial charge in [-0.15, -0.1) is 0 Å². The number of hydrazone groups is 1. The number of nitrogens with one attached hydrogen (secondary N) is 1. The molecule has 0 atom stereocenters. The molecule has 0 spiro atoms. The van der Waals surface area contributed by atoms with Crippen LogP contribution in [0.25, 0.3) is 22.2 Å². The molecule has 7 heteroatoms. The second-order valence-electron chi connectivity index (χ2n) is 6.89. The summed E-state index contributed by atoms with van der Waals surface area (Å²) >= 11 is 0. The fourth-order valence-corrected chi connectivity index (χ4v) is 3.08. The number of para-hydroxylation sites is 1. The summed E-state index contributed by atoms with van der Waals surface area (Å²) in [5.74, 6) is 0.380. The van der Waals surface area contributed by atoms with Gasteiger partial charge in [-0.1, -0.05) is 48.0 Å². The van der Waals surface area contributed by atoms with Gasteiger partial charge < -0.3 is 0 Å². The van der Waals surface area contributed by atoms with E-state index in [1.54, 1.807) is 12.1 Å². The Morgan fingerprint density at radius 3 is 2.37 bits per heavy atom. The van der Waals surface area contributed by atoms with Gasteiger partial charge in [-0.2, -0.15) is 5.10 Å². The average molecular weight is 397 g/mol. The molecule has 0 aliphatic rings. The van der Waals surface area contributed by atoms with Crippen LogP contribution in [0.3, 0.4) is 0 Å². The van der Waals surface area contributed by atoms with E-state index in [2.05, 4.69) is 32.6 Å². The van der Waals surface area contributed by atoms with E-state index in [-0.39, 0.29) is 5.69 Å². The SMILES string of the molecule is CC(=NNc1nc(-c2ccc(C)cc2)c2ccccc2n1)c1ccc([N+](=O)[O-])cc1. The number of anilines is 1. The van der Waals surface area contributed by atoms with E-state index in [4.69, 9.17) is 0 Å². The standard InChI is InChI=1S/C23H19N5O2/c1-15-7-9-18(10-8-15)22-20-5-3-4-6-21(20)24-23(25-22)27-26-16(2)17-11-13-19(14-12-17)28(29)30/h3-14H,1-2H3,(H,24,25,27). The fourth-order valence-electron chi connectivity index (χ4n) is 3.08. The lowest BCUT2D eigenvalue weighted by atomic mass is 10.1. The molecular formula is C23H19N5O2. The maximum absolute atomic E-state index is 10.8. The molecule has 0 unspecified atom stereocenters. The lowest BCUT2D eigenvalue weighted by molar-refractivity contribution is -0.384. The molecule has 1 aromatic heterocycles. The van der Waals surface area contributed by atoms with E-state index < -0.39 is 4.92 Å². The van der Waals surface area contributed by atoms with Crippen LogP contribution in [0.15, 0.2) is 77.9 Å². The van der Waals surface area contributed by atoms with Crippen LogP contribution in [0.4, 0.5) is 11.6 Å². The third-order valence-electron chi connectivity index (χ3n) is 4.75. The van der Waals surface area contributed by atoms with Crippen molar-refractivity contribution in [3.63, 3.8) is 0 Å². The highest BCUT2D eigenvalue weighted by Gasteiger charge is 2.10. The first-order valence-electron chi connectivity index (χ1n) is 9.40. The second-order valence-corrected chi connectivity index (χ2v) is 6.89. The quantitative estimate of drug-likeness (QED) is 0.278. The van der Waals surface area contributed by atoms with Crippen molar-refractivity contribution in [2.24, 2.45) is 5.10 Å². The van der Waals surface area contributed by atoms with E-state index in [1.807, 2.05) is 50.2 Å². The predicted molar refractivity (Wildman–Crippen MR) is 119 cm³/mol. The van der Waals surface area contributed by atoms with Crippen LogP contribution >= 0.6 is 0 Å². The lowest BCUT2D eigenvalue weighted by Gasteiger charge is -2.09. The van der Waals surface area contributed by atoms with Gasteiger partial charge in [0.1, 0.15) is 0 Å². The zero-order valence-corrected chi connectivity index (χ0v) is 16.5. The summed E-state index contributed by atoms with van der Waals surface area (Å²) in [6.45, 7) is 3.86. The Hall–Kier alpha value is -4.13. The van der Waals surface area contributed by atoms with Crippen LogP contribution in [-0.2, 0) is 0 Å². The number of benzene rings is 3. The van der Waals surface area contributed by atoms with Crippen molar-refractivity contribution >= 4 is 28.3 Å². The van der Waals surface area contributed by atoms with Gasteiger partial charge in [0.05, 0.1) is 21.8 Å². The summed E-state index contributed by atoms with van der Waals surface area (Å²) in [7, 11) is 0. The Morgan fingerprint density at radius 1 is 0.967 bits per heavy atom. The lowest BCUT2D eigenvalue weighted by Crippen LogP contribution is -2.03. The van der Waals surface area contributed by atoms with Crippen molar-refractivity contribution in [3.05, 3.63) is 94.0 Å². The first kappa shape index (κ1) is 19.2. The smallest absolute Gasteiger partial charge is 0.258 e. The van der Waals surface area contributed by atoms with Crippen molar-refractivity contribution in [3.8, 4) is 11.3 Å². The molecule has 0 amide bonds. The van der Waals surface area contributed by atoms with E-state index in [0.717, 1.165) is 27.7 Å². The van der Waals surface area contributed by atoms with Crippen LogP contribution in [0, 0.1) is 17.0 Å². The Kier molecular flexibility index (Phi) is 5.17. The Balaban J connectivity index is 1.68. The van der Waals surface area contributed by atoms with Crippen molar-refractivity contribution in [1.82, 2.24) is 9.97 Å². The Morgan fingerprint density at radius 2 is 1.67 bits per heavy atom. The second kappa shape index (κ2) is 8.08. The van der Waals surface area contributed by atoms with Gasteiger partial charge in [0.2, 0.25) is 5.95 Å². The van der Waals surface area contributed by atoms with Crippen molar-refractivity contribution in [1.29, 1.82) is 0 Å². The molecule has 0 bridgehead atoms. The maximum Gasteiger partial charge on any atom is 0.269 e. The molecule has 0 aliphatic heterocycles. The molecular weight excluding hydrogens is 378 g/mol. The molecule has 0 radical (unpaired) electrons. The van der Waals surface area contributed by atoms with E-state index in [0.29, 0.717) is 11.7 Å². The van der Waals surface area contributed by atoms with Crippen molar-refractivity contribution < 1.29 is 4.92 Å². The first-order valence-corrected chi connectivity index (χ1v) is 9.40.